The highest BCUT2D eigenvalue weighted by Gasteiger charge is 2.19. The van der Waals surface area contributed by atoms with E-state index in [1.807, 2.05) is 30.3 Å². The summed E-state index contributed by atoms with van der Waals surface area (Å²) in [7, 11) is 1.20. The minimum atomic E-state index is -1.06. The largest absolute Gasteiger partial charge is 0.480 e. The third-order valence-electron chi connectivity index (χ3n) is 2.34. The molecule has 0 aliphatic heterocycles. The zero-order valence-electron chi connectivity index (χ0n) is 9.55. The Labute approximate surface area is 99.4 Å². The molecule has 1 aromatic carbocycles. The summed E-state index contributed by atoms with van der Waals surface area (Å²) < 4.78 is 4.37. The van der Waals surface area contributed by atoms with Crippen molar-refractivity contribution in [2.75, 3.05) is 7.11 Å². The van der Waals surface area contributed by atoms with E-state index in [1.165, 1.54) is 7.11 Å². The predicted molar refractivity (Wildman–Crippen MR) is 61.7 cm³/mol. The molecule has 0 unspecified atom stereocenters. The number of carbonyl (C=O) groups is 2. The number of carbonyl (C=O) groups excluding carboxylic acids is 1. The molecule has 5 nitrogen and oxygen atoms in total. The van der Waals surface area contributed by atoms with Crippen molar-refractivity contribution in [3.05, 3.63) is 35.9 Å². The van der Waals surface area contributed by atoms with Gasteiger partial charge >= 0.3 is 12.1 Å². The minimum Gasteiger partial charge on any atom is -0.480 e. The van der Waals surface area contributed by atoms with Crippen LogP contribution in [0.3, 0.4) is 0 Å². The first kappa shape index (κ1) is 13.0. The van der Waals surface area contributed by atoms with Crippen LogP contribution >= 0.6 is 0 Å². The van der Waals surface area contributed by atoms with Crippen molar-refractivity contribution >= 4 is 12.1 Å². The van der Waals surface area contributed by atoms with Gasteiger partial charge in [0.1, 0.15) is 6.04 Å². The third-order valence-corrected chi connectivity index (χ3v) is 2.34. The van der Waals surface area contributed by atoms with Gasteiger partial charge in [-0.05, 0) is 18.4 Å². The fourth-order valence-corrected chi connectivity index (χ4v) is 1.41. The summed E-state index contributed by atoms with van der Waals surface area (Å²) in [5, 5.41) is 11.2. The Balaban J connectivity index is 2.50. The Bertz CT molecular complexity index is 377. The van der Waals surface area contributed by atoms with E-state index >= 15 is 0 Å². The van der Waals surface area contributed by atoms with Crippen LogP contribution < -0.4 is 5.32 Å². The van der Waals surface area contributed by atoms with Crippen molar-refractivity contribution in [2.45, 2.75) is 18.9 Å². The number of ether oxygens (including phenoxy) is 1. The van der Waals surface area contributed by atoms with Gasteiger partial charge in [0.2, 0.25) is 0 Å². The molecule has 92 valence electrons. The Morgan fingerprint density at radius 1 is 1.35 bits per heavy atom. The molecule has 0 saturated heterocycles. The summed E-state index contributed by atoms with van der Waals surface area (Å²) in [4.78, 5) is 21.8. The van der Waals surface area contributed by atoms with Gasteiger partial charge in [0.05, 0.1) is 7.11 Å². The smallest absolute Gasteiger partial charge is 0.407 e. The number of hydrogen-bond donors (Lipinski definition) is 2. The highest BCUT2D eigenvalue weighted by Crippen LogP contribution is 2.05. The summed E-state index contributed by atoms with van der Waals surface area (Å²) in [5.74, 6) is -1.06. The van der Waals surface area contributed by atoms with Gasteiger partial charge in [0.15, 0.2) is 0 Å². The van der Waals surface area contributed by atoms with Crippen LogP contribution in [0.25, 0.3) is 0 Å². The quantitative estimate of drug-likeness (QED) is 0.812. The third kappa shape index (κ3) is 4.55. The second kappa shape index (κ2) is 6.52. The maximum atomic E-state index is 10.9. The average Bonchev–Trinajstić information content (AvgIpc) is 2.35. The molecule has 1 amide bonds. The van der Waals surface area contributed by atoms with Crippen molar-refractivity contribution in [3.63, 3.8) is 0 Å². The van der Waals surface area contributed by atoms with E-state index in [1.54, 1.807) is 0 Å². The predicted octanol–water partition coefficient (Wildman–Crippen LogP) is 1.43. The summed E-state index contributed by atoms with van der Waals surface area (Å²) >= 11 is 0. The molecular weight excluding hydrogens is 222 g/mol. The number of amides is 1. The van der Waals surface area contributed by atoms with Crippen LogP contribution in [-0.2, 0) is 16.0 Å². The zero-order valence-corrected chi connectivity index (χ0v) is 9.55. The molecule has 0 heterocycles. The number of nitrogens with one attached hydrogen (secondary N) is 1. The lowest BCUT2D eigenvalue weighted by Gasteiger charge is -2.13. The summed E-state index contributed by atoms with van der Waals surface area (Å²) in [6, 6.07) is 8.57. The van der Waals surface area contributed by atoms with Crippen LogP contribution in [0.4, 0.5) is 4.79 Å². The fourth-order valence-electron chi connectivity index (χ4n) is 1.41. The van der Waals surface area contributed by atoms with E-state index in [0.29, 0.717) is 12.8 Å². The number of alkyl carbamates (subject to hydrolysis) is 1. The molecule has 1 rings (SSSR count). The second-order valence-corrected chi connectivity index (χ2v) is 3.55. The molecule has 1 aromatic rings. The molecule has 5 heteroatoms. The van der Waals surface area contributed by atoms with E-state index in [0.717, 1.165) is 5.56 Å². The van der Waals surface area contributed by atoms with Crippen molar-refractivity contribution < 1.29 is 19.4 Å². The number of rotatable bonds is 5. The first-order valence-corrected chi connectivity index (χ1v) is 5.24. The van der Waals surface area contributed by atoms with Gasteiger partial charge in [-0.15, -0.1) is 0 Å². The number of carboxylic acids is 1. The Hall–Kier alpha value is -2.04. The summed E-state index contributed by atoms with van der Waals surface area (Å²) in [5.41, 5.74) is 1.03. The maximum absolute atomic E-state index is 10.9. The number of carboxylic acid groups (broad SMARTS) is 1. The standard InChI is InChI=1S/C12H15NO4/c1-17-12(16)13-10(11(14)15)8-7-9-5-3-2-4-6-9/h2-6,10H,7-8H2,1H3,(H,13,16)(H,14,15)/t10-/m0/s1. The monoisotopic (exact) mass is 237 g/mol. The fraction of sp³-hybridized carbons (Fsp3) is 0.333. The van der Waals surface area contributed by atoms with Gasteiger partial charge < -0.3 is 15.2 Å². The van der Waals surface area contributed by atoms with E-state index in [-0.39, 0.29) is 0 Å². The summed E-state index contributed by atoms with van der Waals surface area (Å²) in [6.07, 6.45) is 0.182. The first-order chi connectivity index (χ1) is 8.13. The molecule has 0 saturated carbocycles. The molecule has 1 atom stereocenters. The van der Waals surface area contributed by atoms with Crippen LogP contribution in [0.15, 0.2) is 30.3 Å². The normalized spacial score (nSPS) is 11.6. The van der Waals surface area contributed by atoms with Crippen LogP contribution in [-0.4, -0.2) is 30.3 Å². The highest BCUT2D eigenvalue weighted by molar-refractivity contribution is 5.79. The van der Waals surface area contributed by atoms with Crippen molar-refractivity contribution in [2.24, 2.45) is 0 Å². The number of methoxy groups -OCH3 is 1. The maximum Gasteiger partial charge on any atom is 0.407 e. The van der Waals surface area contributed by atoms with Gasteiger partial charge in [0.25, 0.3) is 0 Å². The van der Waals surface area contributed by atoms with Gasteiger partial charge in [-0.1, -0.05) is 30.3 Å². The van der Waals surface area contributed by atoms with E-state index in [4.69, 9.17) is 5.11 Å². The molecule has 0 spiro atoms. The number of aryl methyl sites for hydroxylation is 1. The Kier molecular flexibility index (Phi) is 5.00. The van der Waals surface area contributed by atoms with Crippen LogP contribution in [0.1, 0.15) is 12.0 Å². The lowest BCUT2D eigenvalue weighted by atomic mass is 10.1. The molecule has 0 aromatic heterocycles. The summed E-state index contributed by atoms with van der Waals surface area (Å²) in [6.45, 7) is 0. The van der Waals surface area contributed by atoms with Gasteiger partial charge in [-0.3, -0.25) is 0 Å². The molecular formula is C12H15NO4. The SMILES string of the molecule is COC(=O)N[C@@H](CCc1ccccc1)C(=O)O. The molecule has 0 radical (unpaired) electrons. The lowest BCUT2D eigenvalue weighted by Crippen LogP contribution is -2.41. The van der Waals surface area contributed by atoms with Crippen LogP contribution in [0, 0.1) is 0 Å². The minimum absolute atomic E-state index is 0.328. The number of benzene rings is 1. The molecule has 0 aliphatic rings. The van der Waals surface area contributed by atoms with E-state index in [2.05, 4.69) is 10.1 Å². The van der Waals surface area contributed by atoms with E-state index in [9.17, 15) is 9.59 Å². The number of aliphatic carboxylic acids is 1. The molecule has 17 heavy (non-hydrogen) atoms. The van der Waals surface area contributed by atoms with Crippen molar-refractivity contribution in [1.29, 1.82) is 0 Å². The van der Waals surface area contributed by atoms with Crippen LogP contribution in [0.2, 0.25) is 0 Å². The Morgan fingerprint density at radius 3 is 2.53 bits per heavy atom. The average molecular weight is 237 g/mol. The van der Waals surface area contributed by atoms with Crippen molar-refractivity contribution in [3.8, 4) is 0 Å². The van der Waals surface area contributed by atoms with E-state index < -0.39 is 18.1 Å². The van der Waals surface area contributed by atoms with Gasteiger partial charge in [-0.25, -0.2) is 9.59 Å². The molecule has 0 fully saturated rings. The first-order valence-electron chi connectivity index (χ1n) is 5.24. The topological polar surface area (TPSA) is 75.6 Å². The van der Waals surface area contributed by atoms with Crippen LogP contribution in [0.5, 0.6) is 0 Å². The Morgan fingerprint density at radius 2 is 2.00 bits per heavy atom. The van der Waals surface area contributed by atoms with Gasteiger partial charge in [-0.2, -0.15) is 0 Å². The molecule has 0 aliphatic carbocycles. The zero-order chi connectivity index (χ0) is 12.7. The van der Waals surface area contributed by atoms with Crippen molar-refractivity contribution in [1.82, 2.24) is 5.32 Å². The van der Waals surface area contributed by atoms with Gasteiger partial charge in [0, 0.05) is 0 Å². The highest BCUT2D eigenvalue weighted by atomic mass is 16.5. The molecule has 2 N–H and O–H groups in total. The number of hydrogen-bond acceptors (Lipinski definition) is 3. The second-order valence-electron chi connectivity index (χ2n) is 3.55. The molecule has 0 bridgehead atoms. The lowest BCUT2D eigenvalue weighted by molar-refractivity contribution is -0.139.